The largest absolute Gasteiger partial charge is 0.507 e. The van der Waals surface area contributed by atoms with Gasteiger partial charge in [-0.2, -0.15) is 0 Å². The van der Waals surface area contributed by atoms with Gasteiger partial charge in [0.25, 0.3) is 0 Å². The maximum absolute atomic E-state index is 12.9. The third-order valence-electron chi connectivity index (χ3n) is 4.08. The van der Waals surface area contributed by atoms with E-state index < -0.39 is 17.4 Å². The first-order chi connectivity index (χ1) is 11.4. The monoisotopic (exact) mass is 332 g/mol. The molecule has 0 aliphatic carbocycles. The first-order valence-corrected chi connectivity index (χ1v) is 7.08. The Labute approximate surface area is 137 Å². The van der Waals surface area contributed by atoms with Crippen LogP contribution in [0.4, 0.5) is 0 Å². The highest BCUT2D eigenvalue weighted by molar-refractivity contribution is 6.07. The third-order valence-corrected chi connectivity index (χ3v) is 4.08. The van der Waals surface area contributed by atoms with Crippen molar-refractivity contribution in [1.29, 1.82) is 0 Å². The van der Waals surface area contributed by atoms with Crippen LogP contribution in [0.25, 0.3) is 0 Å². The van der Waals surface area contributed by atoms with Gasteiger partial charge in [-0.3, -0.25) is 4.79 Å². The normalized spacial score (nSPS) is 25.9. The predicted octanol–water partition coefficient (Wildman–Crippen LogP) is 1.51. The fraction of sp³-hybridized carbons (Fsp3) is 0.235. The summed E-state index contributed by atoms with van der Waals surface area (Å²) in [4.78, 5) is 12.9. The van der Waals surface area contributed by atoms with Gasteiger partial charge in [-0.25, -0.2) is 0 Å². The van der Waals surface area contributed by atoms with Gasteiger partial charge in [0, 0.05) is 14.2 Å². The molecular formula is C17H16O7. The average Bonchev–Trinajstić information content (AvgIpc) is 2.58. The van der Waals surface area contributed by atoms with Crippen LogP contribution >= 0.6 is 0 Å². The van der Waals surface area contributed by atoms with E-state index in [0.29, 0.717) is 0 Å². The number of aromatic hydroxyl groups is 2. The number of Topliss-reactive ketones (excluding diaryl/α,β-unsaturated/α-hetero) is 1. The van der Waals surface area contributed by atoms with Gasteiger partial charge >= 0.3 is 11.6 Å². The van der Waals surface area contributed by atoms with Crippen LogP contribution in [0.1, 0.15) is 15.9 Å². The van der Waals surface area contributed by atoms with Gasteiger partial charge in [0.2, 0.25) is 5.78 Å². The number of ether oxygens (including phenoxy) is 3. The second-order valence-corrected chi connectivity index (χ2v) is 5.27. The number of hydrogen-bond acceptors (Lipinski definition) is 7. The molecule has 0 saturated carbocycles. The van der Waals surface area contributed by atoms with Crippen LogP contribution in [0.5, 0.6) is 17.2 Å². The molecule has 0 spiro atoms. The van der Waals surface area contributed by atoms with E-state index in [1.807, 2.05) is 0 Å². The molecule has 2 atom stereocenters. The molecule has 0 saturated heterocycles. The number of ketones is 1. The van der Waals surface area contributed by atoms with Crippen LogP contribution < -0.4 is 4.74 Å². The van der Waals surface area contributed by atoms with Crippen molar-refractivity contribution in [2.24, 2.45) is 0 Å². The number of para-hydroxylation sites is 1. The van der Waals surface area contributed by atoms with Gasteiger partial charge in [0.15, 0.2) is 0 Å². The lowest BCUT2D eigenvalue weighted by Gasteiger charge is -2.46. The molecule has 3 N–H and O–H groups in total. The molecule has 1 aliphatic heterocycles. The number of aliphatic hydroxyl groups is 1. The van der Waals surface area contributed by atoms with Gasteiger partial charge < -0.3 is 29.5 Å². The molecule has 0 amide bonds. The molecule has 0 aromatic heterocycles. The van der Waals surface area contributed by atoms with Crippen molar-refractivity contribution >= 4 is 5.78 Å². The third kappa shape index (κ3) is 1.92. The van der Waals surface area contributed by atoms with Crippen LogP contribution in [0.2, 0.25) is 0 Å². The Balaban J connectivity index is 2.34. The molecule has 1 aliphatic rings. The molecule has 0 fully saturated rings. The van der Waals surface area contributed by atoms with E-state index in [4.69, 9.17) is 14.2 Å². The number of carbonyl (C=O) groups excluding carboxylic acids is 1. The predicted molar refractivity (Wildman–Crippen MR) is 81.8 cm³/mol. The molecule has 2 unspecified atom stereocenters. The summed E-state index contributed by atoms with van der Waals surface area (Å²) in [5.74, 6) is -6.38. The van der Waals surface area contributed by atoms with Gasteiger partial charge in [-0.15, -0.1) is 0 Å². The van der Waals surface area contributed by atoms with Crippen molar-refractivity contribution < 1.29 is 34.3 Å². The summed E-state index contributed by atoms with van der Waals surface area (Å²) in [6.45, 7) is 0. The molecule has 2 aromatic rings. The maximum Gasteiger partial charge on any atom is 0.304 e. The molecule has 126 valence electrons. The number of fused-ring (bicyclic) bond motifs is 1. The van der Waals surface area contributed by atoms with Gasteiger partial charge in [0.05, 0.1) is 5.56 Å². The second-order valence-electron chi connectivity index (χ2n) is 5.27. The Bertz CT molecular complexity index is 803. The van der Waals surface area contributed by atoms with Crippen LogP contribution in [-0.4, -0.2) is 41.1 Å². The Morgan fingerprint density at radius 1 is 0.958 bits per heavy atom. The number of benzene rings is 2. The zero-order chi connectivity index (χ0) is 17.5. The molecule has 0 radical (unpaired) electrons. The Kier molecular flexibility index (Phi) is 3.71. The molecule has 7 nitrogen and oxygen atoms in total. The van der Waals surface area contributed by atoms with Gasteiger partial charge in [-0.05, 0) is 24.3 Å². The topological polar surface area (TPSA) is 105 Å². The van der Waals surface area contributed by atoms with Gasteiger partial charge in [0.1, 0.15) is 22.8 Å². The smallest absolute Gasteiger partial charge is 0.304 e. The highest BCUT2D eigenvalue weighted by atomic mass is 16.8. The van der Waals surface area contributed by atoms with Crippen LogP contribution in [0.15, 0.2) is 42.5 Å². The van der Waals surface area contributed by atoms with E-state index in [9.17, 15) is 20.1 Å². The van der Waals surface area contributed by atoms with E-state index in [-0.39, 0.29) is 28.4 Å². The highest BCUT2D eigenvalue weighted by Crippen LogP contribution is 2.50. The van der Waals surface area contributed by atoms with Crippen molar-refractivity contribution in [2.45, 2.75) is 11.6 Å². The first kappa shape index (κ1) is 16.3. The lowest BCUT2D eigenvalue weighted by Crippen LogP contribution is -2.64. The fourth-order valence-electron chi connectivity index (χ4n) is 2.88. The number of rotatable bonds is 3. The van der Waals surface area contributed by atoms with Crippen molar-refractivity contribution in [3.8, 4) is 17.2 Å². The van der Waals surface area contributed by atoms with E-state index in [0.717, 1.165) is 7.11 Å². The minimum absolute atomic E-state index is 0.000747. The Hall–Kier alpha value is -2.61. The molecule has 3 rings (SSSR count). The Morgan fingerprint density at radius 2 is 1.62 bits per heavy atom. The number of phenols is 2. The van der Waals surface area contributed by atoms with Crippen molar-refractivity contribution in [3.05, 3.63) is 53.6 Å². The van der Waals surface area contributed by atoms with Crippen molar-refractivity contribution in [3.63, 3.8) is 0 Å². The summed E-state index contributed by atoms with van der Waals surface area (Å²) in [7, 11) is 2.30. The molecule has 1 heterocycles. The molecular weight excluding hydrogens is 316 g/mol. The second kappa shape index (κ2) is 5.48. The molecule has 0 bridgehead atoms. The van der Waals surface area contributed by atoms with E-state index in [1.165, 1.54) is 37.4 Å². The highest BCUT2D eigenvalue weighted by Gasteiger charge is 2.66. The summed E-state index contributed by atoms with van der Waals surface area (Å²) >= 11 is 0. The average molecular weight is 332 g/mol. The van der Waals surface area contributed by atoms with E-state index in [2.05, 4.69) is 0 Å². The standard InChI is InChI=1S/C17H16O7/c1-22-16(21)15(20)14-12(19)8-5-9-13(14)24-17(16,23-2)10-6-3-4-7-11(10)18/h3-9,18-19,21H,1-2H3. The van der Waals surface area contributed by atoms with Crippen LogP contribution in [-0.2, 0) is 15.3 Å². The van der Waals surface area contributed by atoms with Gasteiger partial charge in [-0.1, -0.05) is 18.2 Å². The summed E-state index contributed by atoms with van der Waals surface area (Å²) in [5.41, 5.74) is -0.232. The van der Waals surface area contributed by atoms with Crippen LogP contribution in [0.3, 0.4) is 0 Å². The first-order valence-electron chi connectivity index (χ1n) is 7.08. The minimum Gasteiger partial charge on any atom is -0.507 e. The summed E-state index contributed by atoms with van der Waals surface area (Å²) in [6, 6.07) is 10.1. The molecule has 7 heteroatoms. The molecule has 24 heavy (non-hydrogen) atoms. The molecule has 2 aromatic carbocycles. The van der Waals surface area contributed by atoms with E-state index in [1.54, 1.807) is 12.1 Å². The number of carbonyl (C=O) groups is 1. The maximum atomic E-state index is 12.9. The van der Waals surface area contributed by atoms with Crippen LogP contribution in [0, 0.1) is 0 Å². The minimum atomic E-state index is -2.63. The quantitative estimate of drug-likeness (QED) is 0.732. The lowest BCUT2D eigenvalue weighted by atomic mass is 9.86. The van der Waals surface area contributed by atoms with Crippen molar-refractivity contribution in [2.75, 3.05) is 14.2 Å². The zero-order valence-electron chi connectivity index (χ0n) is 13.0. The number of methoxy groups -OCH3 is 2. The van der Waals surface area contributed by atoms with Crippen molar-refractivity contribution in [1.82, 2.24) is 0 Å². The number of phenolic OH excluding ortho intramolecular Hbond substituents is 2. The fourth-order valence-corrected chi connectivity index (χ4v) is 2.88. The zero-order valence-corrected chi connectivity index (χ0v) is 13.0. The summed E-state index contributed by atoms with van der Waals surface area (Å²) in [6.07, 6.45) is 0. The lowest BCUT2D eigenvalue weighted by molar-refractivity contribution is -0.346. The Morgan fingerprint density at radius 3 is 2.25 bits per heavy atom. The summed E-state index contributed by atoms with van der Waals surface area (Å²) < 4.78 is 16.2. The summed E-state index contributed by atoms with van der Waals surface area (Å²) in [5, 5.41) is 31.1. The number of hydrogen-bond donors (Lipinski definition) is 3. The SMILES string of the molecule is COC1(O)C(=O)c2c(O)cccc2OC1(OC)c1ccccc1O. The van der Waals surface area contributed by atoms with E-state index >= 15 is 0 Å².